The smallest absolute Gasteiger partial charge is 0.333 e. The number of hydrogen-bond acceptors (Lipinski definition) is 4. The zero-order valence-electron chi connectivity index (χ0n) is 9.56. The zero-order chi connectivity index (χ0) is 11.4. The average molecular weight is 224 g/mol. The second-order valence-electron chi connectivity index (χ2n) is 3.95. The lowest BCUT2D eigenvalue weighted by atomic mass is 10.5. The van der Waals surface area contributed by atoms with Crippen molar-refractivity contribution in [3.63, 3.8) is 0 Å². The van der Waals surface area contributed by atoms with E-state index in [0.717, 1.165) is 0 Å². The van der Waals surface area contributed by atoms with E-state index < -0.39 is 13.7 Å². The Morgan fingerprint density at radius 1 is 1.07 bits per heavy atom. The number of aliphatic hydroxyl groups is 1. The molecular formula is C9H21O4P. The minimum atomic E-state index is -3.14. The van der Waals surface area contributed by atoms with Crippen molar-refractivity contribution in [1.82, 2.24) is 0 Å². The lowest BCUT2D eigenvalue weighted by molar-refractivity contribution is 0.129. The van der Waals surface area contributed by atoms with Crippen LogP contribution in [0.2, 0.25) is 0 Å². The van der Waals surface area contributed by atoms with E-state index in [1.807, 2.05) is 0 Å². The predicted molar refractivity (Wildman–Crippen MR) is 56.6 cm³/mol. The molecule has 0 aliphatic rings. The first-order valence-electron chi connectivity index (χ1n) is 4.89. The minimum absolute atomic E-state index is 0.0450. The molecule has 0 spiro atoms. The first kappa shape index (κ1) is 14.1. The third kappa shape index (κ3) is 6.55. The second-order valence-corrected chi connectivity index (χ2v) is 5.96. The molecule has 5 heteroatoms. The van der Waals surface area contributed by atoms with Crippen LogP contribution in [0.1, 0.15) is 34.6 Å². The van der Waals surface area contributed by atoms with Gasteiger partial charge in [0.15, 0.2) is 0 Å². The van der Waals surface area contributed by atoms with Crippen molar-refractivity contribution < 1.29 is 18.7 Å². The van der Waals surface area contributed by atoms with Crippen LogP contribution in [0, 0.1) is 0 Å². The molecule has 4 nitrogen and oxygen atoms in total. The van der Waals surface area contributed by atoms with Crippen molar-refractivity contribution in [2.45, 2.75) is 52.9 Å². The van der Waals surface area contributed by atoms with E-state index in [0.29, 0.717) is 0 Å². The molecule has 0 amide bonds. The van der Waals surface area contributed by atoms with Gasteiger partial charge in [-0.05, 0) is 34.6 Å². The SMILES string of the molecule is CC(O)CP(=O)(OC(C)C)OC(C)C. The van der Waals surface area contributed by atoms with E-state index in [9.17, 15) is 9.67 Å². The maximum Gasteiger partial charge on any atom is 0.333 e. The molecule has 0 aliphatic carbocycles. The largest absolute Gasteiger partial charge is 0.393 e. The molecule has 0 saturated heterocycles. The minimum Gasteiger partial charge on any atom is -0.393 e. The molecule has 0 aromatic carbocycles. The van der Waals surface area contributed by atoms with Crippen LogP contribution in [0.3, 0.4) is 0 Å². The van der Waals surface area contributed by atoms with E-state index in [4.69, 9.17) is 9.05 Å². The van der Waals surface area contributed by atoms with Crippen LogP contribution in [0.25, 0.3) is 0 Å². The van der Waals surface area contributed by atoms with E-state index in [-0.39, 0.29) is 18.4 Å². The molecule has 0 bridgehead atoms. The average Bonchev–Trinajstić information content (AvgIpc) is 1.76. The van der Waals surface area contributed by atoms with Gasteiger partial charge in [-0.3, -0.25) is 4.57 Å². The molecule has 1 unspecified atom stereocenters. The van der Waals surface area contributed by atoms with Gasteiger partial charge in [-0.2, -0.15) is 0 Å². The van der Waals surface area contributed by atoms with E-state index in [1.54, 1.807) is 34.6 Å². The van der Waals surface area contributed by atoms with Gasteiger partial charge in [-0.25, -0.2) is 0 Å². The Morgan fingerprint density at radius 2 is 1.43 bits per heavy atom. The van der Waals surface area contributed by atoms with Gasteiger partial charge in [0.2, 0.25) is 0 Å². The summed E-state index contributed by atoms with van der Waals surface area (Å²) in [6, 6.07) is 0. The monoisotopic (exact) mass is 224 g/mol. The van der Waals surface area contributed by atoms with Crippen LogP contribution < -0.4 is 0 Å². The Labute approximate surface area is 86.1 Å². The van der Waals surface area contributed by atoms with Crippen LogP contribution in [0.5, 0.6) is 0 Å². The summed E-state index contributed by atoms with van der Waals surface area (Å²) in [6.07, 6.45) is -0.974. The molecule has 0 aromatic heterocycles. The fourth-order valence-electron chi connectivity index (χ4n) is 1.08. The van der Waals surface area contributed by atoms with Gasteiger partial charge in [-0.1, -0.05) is 0 Å². The topological polar surface area (TPSA) is 55.8 Å². The van der Waals surface area contributed by atoms with Crippen LogP contribution in [-0.2, 0) is 13.6 Å². The fourth-order valence-corrected chi connectivity index (χ4v) is 3.23. The lowest BCUT2D eigenvalue weighted by Crippen LogP contribution is -2.16. The van der Waals surface area contributed by atoms with Gasteiger partial charge in [0, 0.05) is 0 Å². The summed E-state index contributed by atoms with van der Waals surface area (Å²) in [4.78, 5) is 0. The van der Waals surface area contributed by atoms with E-state index in [2.05, 4.69) is 0 Å². The summed E-state index contributed by atoms with van der Waals surface area (Å²) in [5.41, 5.74) is 0. The zero-order valence-corrected chi connectivity index (χ0v) is 10.5. The first-order chi connectivity index (χ1) is 6.25. The molecule has 0 rings (SSSR count). The van der Waals surface area contributed by atoms with Crippen molar-refractivity contribution in [2.24, 2.45) is 0 Å². The molecule has 0 saturated carbocycles. The van der Waals surface area contributed by atoms with Crippen molar-refractivity contribution in [3.8, 4) is 0 Å². The van der Waals surface area contributed by atoms with Crippen LogP contribution in [0.15, 0.2) is 0 Å². The molecule has 0 heterocycles. The number of hydrogen-bond donors (Lipinski definition) is 1. The molecule has 0 radical (unpaired) electrons. The highest BCUT2D eigenvalue weighted by Crippen LogP contribution is 2.50. The summed E-state index contributed by atoms with van der Waals surface area (Å²) >= 11 is 0. The maximum absolute atomic E-state index is 12.0. The highest BCUT2D eigenvalue weighted by molar-refractivity contribution is 7.53. The standard InChI is InChI=1S/C9H21O4P/c1-7(2)12-14(11,6-9(5)10)13-8(3)4/h7-10H,6H2,1-5H3. The predicted octanol–water partition coefficient (Wildman–Crippen LogP) is 2.41. The quantitative estimate of drug-likeness (QED) is 0.704. The summed E-state index contributed by atoms with van der Waals surface area (Å²) in [7, 11) is -3.14. The molecule has 0 fully saturated rings. The van der Waals surface area contributed by atoms with Crippen molar-refractivity contribution in [3.05, 3.63) is 0 Å². The molecular weight excluding hydrogens is 203 g/mol. The Bertz CT molecular complexity index is 168. The van der Waals surface area contributed by atoms with Gasteiger partial charge < -0.3 is 14.2 Å². The normalized spacial score (nSPS) is 15.1. The molecule has 14 heavy (non-hydrogen) atoms. The first-order valence-corrected chi connectivity index (χ1v) is 6.62. The highest BCUT2D eigenvalue weighted by Gasteiger charge is 2.29. The van der Waals surface area contributed by atoms with Crippen LogP contribution >= 0.6 is 7.60 Å². The lowest BCUT2D eigenvalue weighted by Gasteiger charge is -2.23. The van der Waals surface area contributed by atoms with Crippen molar-refractivity contribution >= 4 is 7.60 Å². The summed E-state index contributed by atoms with van der Waals surface area (Å²) in [5.74, 6) is 0. The maximum atomic E-state index is 12.0. The summed E-state index contributed by atoms with van der Waals surface area (Å²) < 4.78 is 22.5. The fraction of sp³-hybridized carbons (Fsp3) is 1.00. The molecule has 86 valence electrons. The van der Waals surface area contributed by atoms with Gasteiger partial charge in [0.1, 0.15) is 0 Å². The molecule has 0 aliphatic heterocycles. The Kier molecular flexibility index (Phi) is 5.91. The molecule has 0 aromatic rings. The highest BCUT2D eigenvalue weighted by atomic mass is 31.2. The third-order valence-electron chi connectivity index (χ3n) is 1.23. The van der Waals surface area contributed by atoms with E-state index >= 15 is 0 Å². The van der Waals surface area contributed by atoms with Crippen molar-refractivity contribution in [2.75, 3.05) is 6.16 Å². The van der Waals surface area contributed by atoms with Crippen LogP contribution in [-0.4, -0.2) is 29.6 Å². The number of rotatable bonds is 6. The van der Waals surface area contributed by atoms with Crippen molar-refractivity contribution in [1.29, 1.82) is 0 Å². The number of aliphatic hydroxyl groups excluding tert-OH is 1. The Balaban J connectivity index is 4.41. The second kappa shape index (κ2) is 5.86. The van der Waals surface area contributed by atoms with E-state index in [1.165, 1.54) is 0 Å². The van der Waals surface area contributed by atoms with Crippen LogP contribution in [0.4, 0.5) is 0 Å². The summed E-state index contributed by atoms with van der Waals surface area (Å²) in [5, 5.41) is 9.18. The van der Waals surface area contributed by atoms with Gasteiger partial charge >= 0.3 is 7.60 Å². The van der Waals surface area contributed by atoms with Gasteiger partial charge in [0.05, 0.1) is 24.5 Å². The van der Waals surface area contributed by atoms with Gasteiger partial charge in [-0.15, -0.1) is 0 Å². The Hall–Kier alpha value is 0.110. The summed E-state index contributed by atoms with van der Waals surface area (Å²) in [6.45, 7) is 8.73. The Morgan fingerprint density at radius 3 is 1.64 bits per heavy atom. The molecule has 1 N–H and O–H groups in total. The van der Waals surface area contributed by atoms with Gasteiger partial charge in [0.25, 0.3) is 0 Å². The molecule has 1 atom stereocenters. The third-order valence-corrected chi connectivity index (χ3v) is 3.69.